The Hall–Kier alpha value is -2.88. The van der Waals surface area contributed by atoms with Gasteiger partial charge in [-0.05, 0) is 48.9 Å². The molecule has 0 atom stereocenters. The Balaban J connectivity index is 1.46. The van der Waals surface area contributed by atoms with Crippen molar-refractivity contribution in [2.45, 2.75) is 24.6 Å². The molecule has 0 spiro atoms. The first kappa shape index (κ1) is 23.8. The number of thiazole rings is 1. The number of amides is 3. The van der Waals surface area contributed by atoms with Gasteiger partial charge in [0.15, 0.2) is 4.34 Å². The fraction of sp³-hybridized carbons (Fsp3) is 0.182. The second-order valence-electron chi connectivity index (χ2n) is 6.84. The summed E-state index contributed by atoms with van der Waals surface area (Å²) < 4.78 is 0.711. The van der Waals surface area contributed by atoms with Crippen LogP contribution in [0, 0.1) is 6.92 Å². The van der Waals surface area contributed by atoms with Crippen molar-refractivity contribution in [1.82, 2.24) is 4.98 Å². The molecule has 0 radical (unpaired) electrons. The number of hydrogen-bond donors (Lipinski definition) is 3. The monoisotopic (exact) mass is 488 g/mol. The van der Waals surface area contributed by atoms with Gasteiger partial charge < -0.3 is 16.0 Å². The molecule has 166 valence electrons. The molecule has 1 aromatic heterocycles. The number of carbonyl (C=O) groups excluding carboxylic acids is 3. The van der Waals surface area contributed by atoms with Crippen LogP contribution in [0.25, 0.3) is 0 Å². The average Bonchev–Trinajstić information content (AvgIpc) is 3.18. The van der Waals surface area contributed by atoms with Gasteiger partial charge in [0, 0.05) is 34.4 Å². The van der Waals surface area contributed by atoms with Crippen molar-refractivity contribution >= 4 is 69.5 Å². The van der Waals surface area contributed by atoms with E-state index in [1.807, 2.05) is 12.3 Å². The van der Waals surface area contributed by atoms with Gasteiger partial charge in [0.2, 0.25) is 17.7 Å². The number of thioether (sulfide) groups is 1. The van der Waals surface area contributed by atoms with Crippen molar-refractivity contribution in [3.63, 3.8) is 0 Å². The summed E-state index contributed by atoms with van der Waals surface area (Å²) in [5.41, 5.74) is 3.43. The highest BCUT2D eigenvalue weighted by Gasteiger charge is 2.12. The third kappa shape index (κ3) is 7.08. The maximum Gasteiger partial charge on any atom is 0.234 e. The van der Waals surface area contributed by atoms with Gasteiger partial charge in [-0.2, -0.15) is 0 Å². The molecule has 0 saturated carbocycles. The Morgan fingerprint density at radius 1 is 1.00 bits per heavy atom. The summed E-state index contributed by atoms with van der Waals surface area (Å²) in [6.07, 6.45) is 0.135. The molecule has 0 saturated heterocycles. The maximum absolute atomic E-state index is 12.3. The molecule has 3 rings (SSSR count). The highest BCUT2D eigenvalue weighted by molar-refractivity contribution is 8.01. The molecule has 32 heavy (non-hydrogen) atoms. The van der Waals surface area contributed by atoms with Gasteiger partial charge in [0.25, 0.3) is 0 Å². The van der Waals surface area contributed by atoms with Gasteiger partial charge in [0.05, 0.1) is 17.9 Å². The largest absolute Gasteiger partial charge is 0.326 e. The number of hydrogen-bond acceptors (Lipinski definition) is 6. The van der Waals surface area contributed by atoms with Crippen molar-refractivity contribution in [1.29, 1.82) is 0 Å². The van der Waals surface area contributed by atoms with Crippen LogP contribution in [-0.2, 0) is 20.8 Å². The van der Waals surface area contributed by atoms with Crippen LogP contribution < -0.4 is 16.0 Å². The number of aromatic nitrogens is 1. The molecular formula is C22H21ClN4O3S2. The Morgan fingerprint density at radius 3 is 2.38 bits per heavy atom. The molecule has 0 aliphatic heterocycles. The molecule has 3 amide bonds. The summed E-state index contributed by atoms with van der Waals surface area (Å²) in [5, 5.41) is 10.7. The molecule has 0 fully saturated rings. The highest BCUT2D eigenvalue weighted by Crippen LogP contribution is 2.25. The number of carbonyl (C=O) groups is 3. The third-order valence-electron chi connectivity index (χ3n) is 4.23. The SMILES string of the molecule is CC(=O)Nc1ccc(NC(=O)CSc2nc(CC(=O)Nc3cccc(Cl)c3C)cs2)cc1. The Labute approximate surface area is 199 Å². The Bertz CT molecular complexity index is 1130. The standard InChI is InChI=1S/C22H21ClN4O3S2/c1-13-18(23)4-3-5-19(13)27-20(29)10-17-11-31-22(26-17)32-12-21(30)25-16-8-6-15(7-9-16)24-14(2)28/h3-9,11H,10,12H2,1-2H3,(H,24,28)(H,25,30)(H,27,29). The molecule has 7 nitrogen and oxygen atoms in total. The third-order valence-corrected chi connectivity index (χ3v) is 6.71. The summed E-state index contributed by atoms with van der Waals surface area (Å²) >= 11 is 8.78. The first-order chi connectivity index (χ1) is 15.3. The average molecular weight is 489 g/mol. The van der Waals surface area contributed by atoms with Gasteiger partial charge in [-0.3, -0.25) is 14.4 Å². The number of benzene rings is 2. The number of anilines is 3. The fourth-order valence-electron chi connectivity index (χ4n) is 2.70. The van der Waals surface area contributed by atoms with Gasteiger partial charge in [0.1, 0.15) is 0 Å². The van der Waals surface area contributed by atoms with Crippen molar-refractivity contribution < 1.29 is 14.4 Å². The minimum absolute atomic E-state index is 0.135. The number of halogens is 1. The zero-order chi connectivity index (χ0) is 23.1. The van der Waals surface area contributed by atoms with E-state index in [2.05, 4.69) is 20.9 Å². The first-order valence-electron chi connectivity index (χ1n) is 9.60. The van der Waals surface area contributed by atoms with Crippen LogP contribution in [0.4, 0.5) is 17.1 Å². The van der Waals surface area contributed by atoms with Crippen molar-refractivity contribution in [2.24, 2.45) is 0 Å². The zero-order valence-corrected chi connectivity index (χ0v) is 19.8. The van der Waals surface area contributed by atoms with Gasteiger partial charge in [-0.15, -0.1) is 11.3 Å². The van der Waals surface area contributed by atoms with Crippen molar-refractivity contribution in [3.05, 3.63) is 64.1 Å². The van der Waals surface area contributed by atoms with Crippen LogP contribution in [0.2, 0.25) is 5.02 Å². The highest BCUT2D eigenvalue weighted by atomic mass is 35.5. The molecule has 0 aliphatic rings. The Kier molecular flexibility index (Phi) is 8.26. The molecule has 3 aromatic rings. The van der Waals surface area contributed by atoms with Gasteiger partial charge >= 0.3 is 0 Å². The topological polar surface area (TPSA) is 100 Å². The van der Waals surface area contributed by atoms with E-state index >= 15 is 0 Å². The van der Waals surface area contributed by atoms with Crippen LogP contribution >= 0.6 is 34.7 Å². The van der Waals surface area contributed by atoms with E-state index < -0.39 is 0 Å². The number of nitrogens with zero attached hydrogens (tertiary/aromatic N) is 1. The Morgan fingerprint density at radius 2 is 1.69 bits per heavy atom. The molecule has 1 heterocycles. The van der Waals surface area contributed by atoms with Crippen LogP contribution in [-0.4, -0.2) is 28.5 Å². The maximum atomic E-state index is 12.3. The van der Waals surface area contributed by atoms with E-state index in [0.29, 0.717) is 32.1 Å². The molecule has 0 aliphatic carbocycles. The van der Waals surface area contributed by atoms with E-state index in [0.717, 1.165) is 5.56 Å². The van der Waals surface area contributed by atoms with Crippen molar-refractivity contribution in [2.75, 3.05) is 21.7 Å². The van der Waals surface area contributed by atoms with E-state index in [1.54, 1.807) is 42.5 Å². The predicted molar refractivity (Wildman–Crippen MR) is 131 cm³/mol. The first-order valence-corrected chi connectivity index (χ1v) is 11.8. The lowest BCUT2D eigenvalue weighted by molar-refractivity contribution is -0.116. The van der Waals surface area contributed by atoms with E-state index in [4.69, 9.17) is 11.6 Å². The number of nitrogens with one attached hydrogen (secondary N) is 3. The summed E-state index contributed by atoms with van der Waals surface area (Å²) in [7, 11) is 0. The van der Waals surface area contributed by atoms with Crippen LogP contribution in [0.1, 0.15) is 18.2 Å². The smallest absolute Gasteiger partial charge is 0.234 e. The normalized spacial score (nSPS) is 10.5. The minimum atomic E-state index is -0.183. The fourth-order valence-corrected chi connectivity index (χ4v) is 4.52. The number of rotatable bonds is 8. The lowest BCUT2D eigenvalue weighted by Gasteiger charge is -2.08. The predicted octanol–water partition coefficient (Wildman–Crippen LogP) is 4.98. The second-order valence-corrected chi connectivity index (χ2v) is 9.33. The quantitative estimate of drug-likeness (QED) is 0.388. The molecular weight excluding hydrogens is 468 g/mol. The van der Waals surface area contributed by atoms with Crippen molar-refractivity contribution in [3.8, 4) is 0 Å². The molecule has 0 unspecified atom stereocenters. The lowest BCUT2D eigenvalue weighted by atomic mass is 10.2. The summed E-state index contributed by atoms with van der Waals surface area (Å²) in [6, 6.07) is 12.2. The van der Waals surface area contributed by atoms with Crippen LogP contribution in [0.5, 0.6) is 0 Å². The summed E-state index contributed by atoms with van der Waals surface area (Å²) in [5.74, 6) is -0.321. The molecule has 3 N–H and O–H groups in total. The molecule has 10 heteroatoms. The summed E-state index contributed by atoms with van der Waals surface area (Å²) in [6.45, 7) is 3.28. The van der Waals surface area contributed by atoms with E-state index in [9.17, 15) is 14.4 Å². The van der Waals surface area contributed by atoms with E-state index in [1.165, 1.54) is 30.0 Å². The minimum Gasteiger partial charge on any atom is -0.326 e. The second kappa shape index (κ2) is 11.1. The van der Waals surface area contributed by atoms with E-state index in [-0.39, 0.29) is 29.9 Å². The van der Waals surface area contributed by atoms with Gasteiger partial charge in [-0.25, -0.2) is 4.98 Å². The molecule has 2 aromatic carbocycles. The summed E-state index contributed by atoms with van der Waals surface area (Å²) in [4.78, 5) is 40.0. The van der Waals surface area contributed by atoms with Crippen LogP contribution in [0.3, 0.4) is 0 Å². The zero-order valence-electron chi connectivity index (χ0n) is 17.4. The van der Waals surface area contributed by atoms with Gasteiger partial charge in [-0.1, -0.05) is 29.4 Å². The van der Waals surface area contributed by atoms with Crippen LogP contribution in [0.15, 0.2) is 52.2 Å². The lowest BCUT2D eigenvalue weighted by Crippen LogP contribution is -2.15. The molecule has 0 bridgehead atoms.